The first-order valence-electron chi connectivity index (χ1n) is 7.02. The largest absolute Gasteiger partial charge is 0.441 e. The summed E-state index contributed by atoms with van der Waals surface area (Å²) in [6.45, 7) is 1.51. The van der Waals surface area contributed by atoms with Crippen LogP contribution in [-0.2, 0) is 9.53 Å². The number of hydrogen-bond acceptors (Lipinski definition) is 4. The van der Waals surface area contributed by atoms with E-state index < -0.39 is 30.1 Å². The van der Waals surface area contributed by atoms with E-state index in [1.165, 1.54) is 6.92 Å². The molecule has 0 saturated carbocycles. The predicted molar refractivity (Wildman–Crippen MR) is 77.9 cm³/mol. The molecule has 1 aliphatic rings. The average molecular weight is 318 g/mol. The van der Waals surface area contributed by atoms with Crippen LogP contribution in [0.15, 0.2) is 43.0 Å². The lowest BCUT2D eigenvalue weighted by Crippen LogP contribution is -2.35. The van der Waals surface area contributed by atoms with E-state index in [9.17, 15) is 14.1 Å². The van der Waals surface area contributed by atoms with Gasteiger partial charge in [0.1, 0.15) is 12.1 Å². The number of primary amides is 1. The van der Waals surface area contributed by atoms with Crippen LogP contribution in [0, 0.1) is 5.92 Å². The number of carbonyl (C=O) groups is 2. The Labute approximate surface area is 131 Å². The van der Waals surface area contributed by atoms with Crippen LogP contribution in [0.3, 0.4) is 0 Å². The molecule has 1 aromatic carbocycles. The van der Waals surface area contributed by atoms with Crippen molar-refractivity contribution in [2.75, 3.05) is 0 Å². The maximum absolute atomic E-state index is 14.1. The molecule has 2 heterocycles. The van der Waals surface area contributed by atoms with Gasteiger partial charge in [-0.15, -0.1) is 5.12 Å². The number of halogens is 1. The third kappa shape index (κ3) is 2.63. The van der Waals surface area contributed by atoms with Gasteiger partial charge in [0, 0.05) is 18.1 Å². The summed E-state index contributed by atoms with van der Waals surface area (Å²) >= 11 is 0. The zero-order valence-electron chi connectivity index (χ0n) is 12.3. The average Bonchev–Trinajstić information content (AvgIpc) is 3.16. The van der Waals surface area contributed by atoms with E-state index in [0.29, 0.717) is 5.56 Å². The fourth-order valence-corrected chi connectivity index (χ4v) is 2.59. The molecule has 1 saturated heterocycles. The Morgan fingerprint density at radius 1 is 1.39 bits per heavy atom. The molecule has 2 N–H and O–H groups in total. The number of nitrogens with zero attached hydrogens (tertiary/aromatic N) is 3. The van der Waals surface area contributed by atoms with Gasteiger partial charge in [0.15, 0.2) is 0 Å². The molecule has 8 heteroatoms. The van der Waals surface area contributed by atoms with E-state index in [0.717, 1.165) is 5.69 Å². The standard InChI is InChI=1S/C15H15FN4O3/c1-9(14(17)21)13-12(20(16)15(22)23-13)10-2-4-11(5-3-10)19-7-6-18-8-19/h2-9,12-13H,1H3,(H2,17,21). The number of ether oxygens (including phenoxy) is 1. The number of imidazole rings is 1. The van der Waals surface area contributed by atoms with E-state index in [4.69, 9.17) is 10.5 Å². The Morgan fingerprint density at radius 2 is 2.09 bits per heavy atom. The zero-order valence-corrected chi connectivity index (χ0v) is 12.3. The van der Waals surface area contributed by atoms with Crippen LogP contribution < -0.4 is 5.73 Å². The van der Waals surface area contributed by atoms with E-state index in [1.807, 2.05) is 0 Å². The van der Waals surface area contributed by atoms with Crippen molar-refractivity contribution in [2.24, 2.45) is 11.7 Å². The lowest BCUT2D eigenvalue weighted by molar-refractivity contribution is -0.124. The smallest absolute Gasteiger partial charge is 0.439 e. The van der Waals surface area contributed by atoms with Crippen LogP contribution >= 0.6 is 0 Å². The highest BCUT2D eigenvalue weighted by Gasteiger charge is 2.47. The second kappa shape index (κ2) is 5.71. The van der Waals surface area contributed by atoms with Crippen molar-refractivity contribution in [3.8, 4) is 5.69 Å². The number of amides is 2. The van der Waals surface area contributed by atoms with Gasteiger partial charge in [-0.25, -0.2) is 9.78 Å². The first-order valence-corrected chi connectivity index (χ1v) is 7.02. The highest BCUT2D eigenvalue weighted by molar-refractivity contribution is 5.79. The van der Waals surface area contributed by atoms with Crippen LogP contribution in [0.1, 0.15) is 18.5 Å². The van der Waals surface area contributed by atoms with Crippen molar-refractivity contribution in [1.29, 1.82) is 0 Å². The first-order chi connectivity index (χ1) is 11.0. The molecule has 1 aliphatic heterocycles. The van der Waals surface area contributed by atoms with Crippen LogP contribution in [0.5, 0.6) is 0 Å². The van der Waals surface area contributed by atoms with Crippen molar-refractivity contribution < 1.29 is 18.8 Å². The summed E-state index contributed by atoms with van der Waals surface area (Å²) in [7, 11) is 0. The Bertz CT molecular complexity index is 717. The molecule has 0 spiro atoms. The number of cyclic esters (lactones) is 1. The summed E-state index contributed by atoms with van der Waals surface area (Å²) in [6.07, 6.45) is 2.97. The monoisotopic (exact) mass is 318 g/mol. The van der Waals surface area contributed by atoms with Gasteiger partial charge < -0.3 is 15.0 Å². The molecule has 1 aromatic heterocycles. The van der Waals surface area contributed by atoms with Gasteiger partial charge in [0.05, 0.1) is 12.2 Å². The molecular weight excluding hydrogens is 303 g/mol. The Balaban J connectivity index is 1.91. The lowest BCUT2D eigenvalue weighted by atomic mass is 9.92. The summed E-state index contributed by atoms with van der Waals surface area (Å²) in [5.74, 6) is -1.46. The number of aromatic nitrogens is 2. The van der Waals surface area contributed by atoms with E-state index in [-0.39, 0.29) is 5.12 Å². The zero-order chi connectivity index (χ0) is 16.6. The SMILES string of the molecule is CC(C(N)=O)C1OC(=O)N(F)C1c1ccc(-n2ccnc2)cc1. The van der Waals surface area contributed by atoms with Crippen LogP contribution in [-0.4, -0.2) is 32.8 Å². The maximum atomic E-state index is 14.1. The van der Waals surface area contributed by atoms with Crippen molar-refractivity contribution in [2.45, 2.75) is 19.1 Å². The summed E-state index contributed by atoms with van der Waals surface area (Å²) < 4.78 is 20.9. The minimum absolute atomic E-state index is 0.00364. The Hall–Kier alpha value is -2.90. The predicted octanol–water partition coefficient (Wildman–Crippen LogP) is 1.74. The number of rotatable bonds is 4. The summed E-state index contributed by atoms with van der Waals surface area (Å²) in [4.78, 5) is 26.8. The lowest BCUT2D eigenvalue weighted by Gasteiger charge is -2.22. The molecule has 0 radical (unpaired) electrons. The van der Waals surface area contributed by atoms with Gasteiger partial charge in [-0.1, -0.05) is 16.6 Å². The van der Waals surface area contributed by atoms with Gasteiger partial charge >= 0.3 is 6.09 Å². The van der Waals surface area contributed by atoms with Gasteiger partial charge in [0.25, 0.3) is 0 Å². The summed E-state index contributed by atoms with van der Waals surface area (Å²) in [5, 5.41) is -0.00364. The quantitative estimate of drug-likeness (QED) is 0.869. The fourth-order valence-electron chi connectivity index (χ4n) is 2.59. The van der Waals surface area contributed by atoms with Crippen LogP contribution in [0.2, 0.25) is 0 Å². The van der Waals surface area contributed by atoms with Crippen LogP contribution in [0.4, 0.5) is 9.28 Å². The fraction of sp³-hybridized carbons (Fsp3) is 0.267. The van der Waals surface area contributed by atoms with E-state index in [2.05, 4.69) is 4.98 Å². The first kappa shape index (κ1) is 15.0. The van der Waals surface area contributed by atoms with Crippen molar-refractivity contribution >= 4 is 12.0 Å². The summed E-state index contributed by atoms with van der Waals surface area (Å²) in [6, 6.07) is 5.87. The molecule has 3 unspecified atom stereocenters. The van der Waals surface area contributed by atoms with Crippen LogP contribution in [0.25, 0.3) is 5.69 Å². The number of carbonyl (C=O) groups excluding carboxylic acids is 2. The Morgan fingerprint density at radius 3 is 2.65 bits per heavy atom. The minimum Gasteiger partial charge on any atom is -0.441 e. The molecule has 2 amide bonds. The van der Waals surface area contributed by atoms with Crippen molar-refractivity contribution in [1.82, 2.24) is 14.7 Å². The molecule has 7 nitrogen and oxygen atoms in total. The maximum Gasteiger partial charge on any atom is 0.439 e. The van der Waals surface area contributed by atoms with Gasteiger partial charge in [-0.2, -0.15) is 0 Å². The molecular formula is C15H15FN4O3. The normalized spacial score (nSPS) is 22.0. The molecule has 120 valence electrons. The highest BCUT2D eigenvalue weighted by Crippen LogP contribution is 2.37. The highest BCUT2D eigenvalue weighted by atomic mass is 19.2. The number of nitrogens with two attached hydrogens (primary N) is 1. The molecule has 1 fully saturated rings. The topological polar surface area (TPSA) is 90.5 Å². The van der Waals surface area contributed by atoms with Gasteiger partial charge in [-0.3, -0.25) is 4.79 Å². The van der Waals surface area contributed by atoms with Crippen molar-refractivity contribution in [3.05, 3.63) is 48.5 Å². The second-order valence-electron chi connectivity index (χ2n) is 5.36. The Kier molecular flexibility index (Phi) is 3.73. The molecule has 3 rings (SSSR count). The third-order valence-electron chi connectivity index (χ3n) is 3.95. The molecule has 0 aliphatic carbocycles. The summed E-state index contributed by atoms with van der Waals surface area (Å²) in [5.41, 5.74) is 6.60. The van der Waals surface area contributed by atoms with Gasteiger partial charge in [0.2, 0.25) is 5.91 Å². The number of benzene rings is 1. The number of hydrogen-bond donors (Lipinski definition) is 1. The van der Waals surface area contributed by atoms with Crippen molar-refractivity contribution in [3.63, 3.8) is 0 Å². The van der Waals surface area contributed by atoms with Gasteiger partial charge in [-0.05, 0) is 24.6 Å². The van der Waals surface area contributed by atoms with E-state index in [1.54, 1.807) is 47.6 Å². The minimum atomic E-state index is -1.12. The molecule has 23 heavy (non-hydrogen) atoms. The molecule has 2 aromatic rings. The molecule has 0 bridgehead atoms. The second-order valence-corrected chi connectivity index (χ2v) is 5.36. The van der Waals surface area contributed by atoms with E-state index >= 15 is 0 Å². The molecule has 3 atom stereocenters. The third-order valence-corrected chi connectivity index (χ3v) is 3.95.